The average molecular weight is 288 g/mol. The van der Waals surface area contributed by atoms with Gasteiger partial charge in [0.15, 0.2) is 0 Å². The number of aryl methyl sites for hydroxylation is 1. The Labute approximate surface area is 104 Å². The smallest absolute Gasteiger partial charge is 0.124 e. The van der Waals surface area contributed by atoms with Crippen molar-refractivity contribution in [2.24, 2.45) is 11.1 Å². The van der Waals surface area contributed by atoms with Crippen LogP contribution in [-0.4, -0.2) is 16.8 Å². The van der Waals surface area contributed by atoms with Crippen molar-refractivity contribution in [3.8, 4) is 5.75 Å². The fourth-order valence-corrected chi connectivity index (χ4v) is 2.04. The molecule has 0 fully saturated rings. The van der Waals surface area contributed by atoms with Crippen molar-refractivity contribution >= 4 is 15.9 Å². The van der Waals surface area contributed by atoms with Crippen LogP contribution in [0.4, 0.5) is 0 Å². The highest BCUT2D eigenvalue weighted by molar-refractivity contribution is 9.10. The summed E-state index contributed by atoms with van der Waals surface area (Å²) in [7, 11) is 0. The number of hydrogen-bond donors (Lipinski definition) is 3. The van der Waals surface area contributed by atoms with Crippen LogP contribution >= 0.6 is 15.9 Å². The van der Waals surface area contributed by atoms with Crippen LogP contribution in [0.1, 0.15) is 31.0 Å². The molecule has 0 aliphatic rings. The molecule has 1 aromatic rings. The molecule has 90 valence electrons. The van der Waals surface area contributed by atoms with E-state index in [1.54, 1.807) is 0 Å². The Balaban J connectivity index is 3.28. The number of hydrogen-bond acceptors (Lipinski definition) is 3. The number of halogens is 1. The molecule has 3 nitrogen and oxygen atoms in total. The van der Waals surface area contributed by atoms with Gasteiger partial charge in [0.2, 0.25) is 0 Å². The first-order valence-electron chi connectivity index (χ1n) is 5.15. The fourth-order valence-electron chi connectivity index (χ4n) is 1.48. The third-order valence-electron chi connectivity index (χ3n) is 2.93. The summed E-state index contributed by atoms with van der Waals surface area (Å²) in [6.45, 7) is 5.52. The number of aliphatic hydroxyl groups excluding tert-OH is 1. The fraction of sp³-hybridized carbons (Fsp3) is 0.500. The normalized spacial score (nSPS) is 13.9. The third kappa shape index (κ3) is 2.39. The van der Waals surface area contributed by atoms with Gasteiger partial charge in [-0.25, -0.2) is 0 Å². The summed E-state index contributed by atoms with van der Waals surface area (Å²) in [5.41, 5.74) is 7.06. The van der Waals surface area contributed by atoms with Gasteiger partial charge in [0.25, 0.3) is 0 Å². The average Bonchev–Trinajstić information content (AvgIpc) is 2.24. The molecule has 0 aliphatic carbocycles. The lowest BCUT2D eigenvalue weighted by molar-refractivity contribution is 0.131. The van der Waals surface area contributed by atoms with Crippen LogP contribution in [0.3, 0.4) is 0 Å². The molecule has 0 unspecified atom stereocenters. The molecule has 1 rings (SSSR count). The van der Waals surface area contributed by atoms with Crippen molar-refractivity contribution in [1.82, 2.24) is 0 Å². The molecule has 0 aliphatic heterocycles. The van der Waals surface area contributed by atoms with Gasteiger partial charge < -0.3 is 15.9 Å². The summed E-state index contributed by atoms with van der Waals surface area (Å²) in [6.07, 6.45) is 0. The molecule has 0 radical (unpaired) electrons. The number of rotatable bonds is 3. The van der Waals surface area contributed by atoms with Crippen molar-refractivity contribution in [3.63, 3.8) is 0 Å². The first kappa shape index (κ1) is 13.5. The topological polar surface area (TPSA) is 66.5 Å². The minimum atomic E-state index is -0.478. The molecule has 0 heterocycles. The number of phenols is 1. The summed E-state index contributed by atoms with van der Waals surface area (Å²) in [6, 6.07) is 3.26. The zero-order valence-electron chi connectivity index (χ0n) is 9.79. The van der Waals surface area contributed by atoms with Crippen LogP contribution in [-0.2, 0) is 0 Å². The van der Waals surface area contributed by atoms with Gasteiger partial charge in [-0.2, -0.15) is 0 Å². The quantitative estimate of drug-likeness (QED) is 0.800. The molecular formula is C12H18BrNO2. The number of nitrogens with two attached hydrogens (primary N) is 1. The van der Waals surface area contributed by atoms with Crippen molar-refractivity contribution in [2.75, 3.05) is 6.61 Å². The monoisotopic (exact) mass is 287 g/mol. The number of phenolic OH excluding ortho intramolecular Hbond substituents is 1. The molecule has 0 saturated carbocycles. The largest absolute Gasteiger partial charge is 0.507 e. The van der Waals surface area contributed by atoms with E-state index in [1.807, 2.05) is 32.9 Å². The van der Waals surface area contributed by atoms with Crippen LogP contribution in [0.5, 0.6) is 5.75 Å². The zero-order valence-corrected chi connectivity index (χ0v) is 11.4. The van der Waals surface area contributed by atoms with Crippen molar-refractivity contribution < 1.29 is 10.2 Å². The zero-order chi connectivity index (χ0) is 12.5. The maximum atomic E-state index is 10.0. The van der Waals surface area contributed by atoms with Gasteiger partial charge in [0.1, 0.15) is 5.75 Å². The summed E-state index contributed by atoms with van der Waals surface area (Å²) < 4.78 is 0.768. The van der Waals surface area contributed by atoms with Crippen LogP contribution < -0.4 is 5.73 Å². The van der Waals surface area contributed by atoms with Gasteiger partial charge in [0, 0.05) is 28.1 Å². The molecule has 16 heavy (non-hydrogen) atoms. The highest BCUT2D eigenvalue weighted by Crippen LogP contribution is 2.40. The van der Waals surface area contributed by atoms with Gasteiger partial charge in [-0.15, -0.1) is 0 Å². The maximum absolute atomic E-state index is 10.0. The predicted molar refractivity (Wildman–Crippen MR) is 68.3 cm³/mol. The van der Waals surface area contributed by atoms with Gasteiger partial charge in [-0.1, -0.05) is 35.8 Å². The number of benzene rings is 1. The molecule has 0 saturated heterocycles. The molecule has 4 N–H and O–H groups in total. The lowest BCUT2D eigenvalue weighted by atomic mass is 9.81. The lowest BCUT2D eigenvalue weighted by Crippen LogP contribution is -2.32. The van der Waals surface area contributed by atoms with E-state index in [4.69, 9.17) is 5.73 Å². The van der Waals surface area contributed by atoms with Gasteiger partial charge in [0.05, 0.1) is 0 Å². The van der Waals surface area contributed by atoms with Crippen LogP contribution in [0, 0.1) is 12.3 Å². The minimum absolute atomic E-state index is 0.0337. The Bertz CT molecular complexity index is 391. The molecule has 0 aromatic heterocycles. The number of aromatic hydroxyl groups is 1. The van der Waals surface area contributed by atoms with Crippen LogP contribution in [0.2, 0.25) is 0 Å². The van der Waals surface area contributed by atoms with E-state index in [2.05, 4.69) is 15.9 Å². The van der Waals surface area contributed by atoms with E-state index < -0.39 is 11.5 Å². The predicted octanol–water partition coefficient (Wildman–Crippen LogP) is 2.48. The molecule has 1 atom stereocenters. The highest BCUT2D eigenvalue weighted by atomic mass is 79.9. The Morgan fingerprint density at radius 2 is 2.00 bits per heavy atom. The van der Waals surface area contributed by atoms with E-state index in [1.165, 1.54) is 0 Å². The molecule has 1 aromatic carbocycles. The second-order valence-electron chi connectivity index (χ2n) is 4.75. The number of aliphatic hydroxyl groups is 1. The molecule has 0 amide bonds. The summed E-state index contributed by atoms with van der Waals surface area (Å²) in [5.74, 6) is 0.198. The Morgan fingerprint density at radius 1 is 1.44 bits per heavy atom. The van der Waals surface area contributed by atoms with Gasteiger partial charge >= 0.3 is 0 Å². The summed E-state index contributed by atoms with van der Waals surface area (Å²) in [5, 5.41) is 19.3. The second kappa shape index (κ2) is 4.73. The standard InChI is InChI=1S/C12H18BrNO2/c1-7-4-5-8(13)9(10(7)16)11(14)12(2,3)6-15/h4-5,11,15-16H,6,14H2,1-3H3/t11-/m1/s1. The second-order valence-corrected chi connectivity index (χ2v) is 5.61. The Morgan fingerprint density at radius 3 is 2.50 bits per heavy atom. The van der Waals surface area contributed by atoms with Gasteiger partial charge in [-0.3, -0.25) is 0 Å². The third-order valence-corrected chi connectivity index (χ3v) is 3.62. The molecular weight excluding hydrogens is 270 g/mol. The van der Waals surface area contributed by atoms with E-state index in [-0.39, 0.29) is 12.4 Å². The Kier molecular flexibility index (Phi) is 3.99. The van der Waals surface area contributed by atoms with E-state index in [0.717, 1.165) is 10.0 Å². The molecule has 0 spiro atoms. The van der Waals surface area contributed by atoms with Crippen LogP contribution in [0.15, 0.2) is 16.6 Å². The van der Waals surface area contributed by atoms with Crippen molar-refractivity contribution in [1.29, 1.82) is 0 Å². The van der Waals surface area contributed by atoms with Crippen LogP contribution in [0.25, 0.3) is 0 Å². The highest BCUT2D eigenvalue weighted by Gasteiger charge is 2.30. The van der Waals surface area contributed by atoms with E-state index in [0.29, 0.717) is 5.56 Å². The van der Waals surface area contributed by atoms with Gasteiger partial charge in [-0.05, 0) is 18.6 Å². The van der Waals surface area contributed by atoms with E-state index in [9.17, 15) is 10.2 Å². The lowest BCUT2D eigenvalue weighted by Gasteiger charge is -2.31. The first-order chi connectivity index (χ1) is 7.31. The van der Waals surface area contributed by atoms with Crippen molar-refractivity contribution in [2.45, 2.75) is 26.8 Å². The van der Waals surface area contributed by atoms with Crippen molar-refractivity contribution in [3.05, 3.63) is 27.7 Å². The molecule has 4 heteroatoms. The Hall–Kier alpha value is -0.580. The summed E-state index contributed by atoms with van der Waals surface area (Å²) in [4.78, 5) is 0. The maximum Gasteiger partial charge on any atom is 0.124 e. The minimum Gasteiger partial charge on any atom is -0.507 e. The molecule has 0 bridgehead atoms. The first-order valence-corrected chi connectivity index (χ1v) is 5.95. The van der Waals surface area contributed by atoms with E-state index >= 15 is 0 Å². The summed E-state index contributed by atoms with van der Waals surface area (Å²) >= 11 is 3.38. The SMILES string of the molecule is Cc1ccc(Br)c([C@@H](N)C(C)(C)CO)c1O.